The lowest BCUT2D eigenvalue weighted by atomic mass is 10.0. The fraction of sp³-hybridized carbons (Fsp3) is 0.0476. The summed E-state index contributed by atoms with van der Waals surface area (Å²) in [5.41, 5.74) is 2.23. The molecule has 3 aromatic rings. The lowest BCUT2D eigenvalue weighted by molar-refractivity contribution is 0.0734. The van der Waals surface area contributed by atoms with Crippen molar-refractivity contribution in [3.63, 3.8) is 0 Å². The Morgan fingerprint density at radius 1 is 1.11 bits per heavy atom. The predicted octanol–water partition coefficient (Wildman–Crippen LogP) is 3.62. The van der Waals surface area contributed by atoms with E-state index in [1.54, 1.807) is 61.9 Å². The summed E-state index contributed by atoms with van der Waals surface area (Å²) in [7, 11) is 0. The molecular formula is C21H14N2O4. The van der Waals surface area contributed by atoms with Crippen LogP contribution in [0.3, 0.4) is 0 Å². The van der Waals surface area contributed by atoms with Gasteiger partial charge >= 0.3 is 5.97 Å². The van der Waals surface area contributed by atoms with E-state index in [0.29, 0.717) is 28.2 Å². The third-order valence-corrected chi connectivity index (χ3v) is 4.03. The first-order chi connectivity index (χ1) is 13.1. The first-order valence-corrected chi connectivity index (χ1v) is 8.23. The first kappa shape index (κ1) is 16.7. The first-order valence-electron chi connectivity index (χ1n) is 8.23. The van der Waals surface area contributed by atoms with E-state index in [9.17, 15) is 9.59 Å². The van der Waals surface area contributed by atoms with E-state index < -0.39 is 5.97 Å². The molecule has 3 heterocycles. The molecule has 4 rings (SSSR count). The molecule has 6 nitrogen and oxygen atoms in total. The van der Waals surface area contributed by atoms with Crippen molar-refractivity contribution in [1.29, 1.82) is 0 Å². The number of aromatic nitrogens is 2. The van der Waals surface area contributed by atoms with Crippen molar-refractivity contribution in [3.8, 4) is 11.5 Å². The van der Waals surface area contributed by atoms with Crippen LogP contribution in [0.25, 0.3) is 6.08 Å². The Morgan fingerprint density at radius 3 is 2.59 bits per heavy atom. The number of nitrogens with zero attached hydrogens (tertiary/aromatic N) is 2. The number of carbonyl (C=O) groups excluding carboxylic acids is 2. The summed E-state index contributed by atoms with van der Waals surface area (Å²) >= 11 is 0. The number of ketones is 1. The zero-order chi connectivity index (χ0) is 18.8. The average molecular weight is 358 g/mol. The fourth-order valence-electron chi connectivity index (χ4n) is 2.80. The van der Waals surface area contributed by atoms with Gasteiger partial charge in [-0.3, -0.25) is 14.8 Å². The number of ether oxygens (including phenoxy) is 2. The van der Waals surface area contributed by atoms with E-state index in [2.05, 4.69) is 9.97 Å². The highest BCUT2D eigenvalue weighted by molar-refractivity contribution is 6.15. The van der Waals surface area contributed by atoms with E-state index >= 15 is 0 Å². The van der Waals surface area contributed by atoms with Gasteiger partial charge in [-0.2, -0.15) is 0 Å². The van der Waals surface area contributed by atoms with Crippen molar-refractivity contribution in [3.05, 3.63) is 89.2 Å². The van der Waals surface area contributed by atoms with Gasteiger partial charge in [0.15, 0.2) is 5.76 Å². The molecule has 0 fully saturated rings. The van der Waals surface area contributed by atoms with Crippen LogP contribution in [0.5, 0.6) is 11.5 Å². The van der Waals surface area contributed by atoms with Gasteiger partial charge in [0.2, 0.25) is 5.78 Å². The zero-order valence-electron chi connectivity index (χ0n) is 14.4. The monoisotopic (exact) mass is 358 g/mol. The van der Waals surface area contributed by atoms with Crippen LogP contribution in [-0.4, -0.2) is 21.7 Å². The number of hydrogen-bond acceptors (Lipinski definition) is 6. The SMILES string of the molecule is Cc1cc(OC(=O)c2cccnc2)cc2c1C(=O)/C(=C/c1cccnc1)O2. The molecule has 0 saturated heterocycles. The highest BCUT2D eigenvalue weighted by Crippen LogP contribution is 2.37. The van der Waals surface area contributed by atoms with Gasteiger partial charge in [-0.1, -0.05) is 6.07 Å². The predicted molar refractivity (Wildman–Crippen MR) is 97.5 cm³/mol. The van der Waals surface area contributed by atoms with Crippen molar-refractivity contribution in [2.45, 2.75) is 6.92 Å². The molecule has 0 unspecified atom stereocenters. The number of pyridine rings is 2. The second-order valence-electron chi connectivity index (χ2n) is 5.97. The van der Waals surface area contributed by atoms with Crippen LogP contribution in [0, 0.1) is 6.92 Å². The number of carbonyl (C=O) groups is 2. The summed E-state index contributed by atoms with van der Waals surface area (Å²) < 4.78 is 11.1. The van der Waals surface area contributed by atoms with Crippen LogP contribution in [0.1, 0.15) is 31.8 Å². The standard InChI is InChI=1S/C21H14N2O4/c1-13-8-16(26-21(25)15-5-3-7-23-12-15)10-17-19(13)20(24)18(27-17)9-14-4-2-6-22-11-14/h2-12H,1H3/b18-9-. The maximum atomic E-state index is 12.6. The summed E-state index contributed by atoms with van der Waals surface area (Å²) in [5, 5.41) is 0. The van der Waals surface area contributed by atoms with E-state index in [4.69, 9.17) is 9.47 Å². The number of benzene rings is 1. The molecule has 27 heavy (non-hydrogen) atoms. The molecule has 0 radical (unpaired) electrons. The maximum Gasteiger partial charge on any atom is 0.345 e. The molecule has 0 bridgehead atoms. The van der Waals surface area contributed by atoms with Crippen LogP contribution < -0.4 is 9.47 Å². The van der Waals surface area contributed by atoms with Gasteiger partial charge in [-0.25, -0.2) is 4.79 Å². The molecule has 1 aromatic carbocycles. The minimum Gasteiger partial charge on any atom is -0.452 e. The number of fused-ring (bicyclic) bond motifs is 1. The number of aryl methyl sites for hydroxylation is 1. The molecule has 0 saturated carbocycles. The Balaban J connectivity index is 1.62. The molecule has 0 amide bonds. The van der Waals surface area contributed by atoms with Crippen LogP contribution >= 0.6 is 0 Å². The van der Waals surface area contributed by atoms with Crippen molar-refractivity contribution in [2.24, 2.45) is 0 Å². The number of hydrogen-bond donors (Lipinski definition) is 0. The summed E-state index contributed by atoms with van der Waals surface area (Å²) in [5.74, 6) is 0.130. The number of Topliss-reactive ketones (excluding diaryl/α,β-unsaturated/α-hetero) is 1. The Morgan fingerprint density at radius 2 is 1.89 bits per heavy atom. The summed E-state index contributed by atoms with van der Waals surface area (Å²) in [6.07, 6.45) is 7.93. The van der Waals surface area contributed by atoms with Crippen molar-refractivity contribution >= 4 is 17.8 Å². The molecule has 1 aliphatic heterocycles. The van der Waals surface area contributed by atoms with Gasteiger partial charge in [0.25, 0.3) is 0 Å². The van der Waals surface area contributed by atoms with Gasteiger partial charge in [-0.15, -0.1) is 0 Å². The van der Waals surface area contributed by atoms with Crippen LogP contribution in [0.2, 0.25) is 0 Å². The van der Waals surface area contributed by atoms with Crippen LogP contribution in [0.15, 0.2) is 66.9 Å². The number of esters is 1. The Bertz CT molecular complexity index is 1060. The summed E-state index contributed by atoms with van der Waals surface area (Å²) in [4.78, 5) is 32.8. The van der Waals surface area contributed by atoms with Crippen LogP contribution in [0.4, 0.5) is 0 Å². The summed E-state index contributed by atoms with van der Waals surface area (Å²) in [6.45, 7) is 1.77. The lowest BCUT2D eigenvalue weighted by Crippen LogP contribution is -2.09. The minimum absolute atomic E-state index is 0.205. The molecule has 0 atom stereocenters. The molecule has 6 heteroatoms. The largest absolute Gasteiger partial charge is 0.452 e. The van der Waals surface area contributed by atoms with E-state index in [1.807, 2.05) is 6.07 Å². The van der Waals surface area contributed by atoms with Crippen LogP contribution in [-0.2, 0) is 0 Å². The molecule has 1 aliphatic rings. The minimum atomic E-state index is -0.530. The van der Waals surface area contributed by atoms with Gasteiger partial charge in [0.05, 0.1) is 11.1 Å². The Labute approximate surface area is 155 Å². The van der Waals surface area contributed by atoms with Gasteiger partial charge < -0.3 is 9.47 Å². The fourth-order valence-corrected chi connectivity index (χ4v) is 2.80. The van der Waals surface area contributed by atoms with Crippen molar-refractivity contribution in [1.82, 2.24) is 9.97 Å². The lowest BCUT2D eigenvalue weighted by Gasteiger charge is -2.07. The molecule has 132 valence electrons. The highest BCUT2D eigenvalue weighted by Gasteiger charge is 2.30. The summed E-state index contributed by atoms with van der Waals surface area (Å²) in [6, 6.07) is 10.1. The molecule has 0 aliphatic carbocycles. The normalized spacial score (nSPS) is 14.0. The zero-order valence-corrected chi connectivity index (χ0v) is 14.4. The topological polar surface area (TPSA) is 78.4 Å². The third kappa shape index (κ3) is 3.32. The maximum absolute atomic E-state index is 12.6. The van der Waals surface area contributed by atoms with Crippen molar-refractivity contribution < 1.29 is 19.1 Å². The van der Waals surface area contributed by atoms with E-state index in [0.717, 1.165) is 5.56 Å². The molecular weight excluding hydrogens is 344 g/mol. The quantitative estimate of drug-likeness (QED) is 0.404. The van der Waals surface area contributed by atoms with Gasteiger partial charge in [-0.05, 0) is 48.4 Å². The Kier molecular flexibility index (Phi) is 4.22. The molecule has 2 aromatic heterocycles. The third-order valence-electron chi connectivity index (χ3n) is 4.03. The Hall–Kier alpha value is -3.80. The number of rotatable bonds is 3. The van der Waals surface area contributed by atoms with Crippen molar-refractivity contribution in [2.75, 3.05) is 0 Å². The van der Waals surface area contributed by atoms with Gasteiger partial charge in [0, 0.05) is 30.9 Å². The van der Waals surface area contributed by atoms with E-state index in [-0.39, 0.29) is 11.5 Å². The number of allylic oxidation sites excluding steroid dienone is 1. The second-order valence-corrected chi connectivity index (χ2v) is 5.97. The highest BCUT2D eigenvalue weighted by atomic mass is 16.5. The molecule has 0 N–H and O–H groups in total. The van der Waals surface area contributed by atoms with Gasteiger partial charge in [0.1, 0.15) is 11.5 Å². The average Bonchev–Trinajstić information content (AvgIpc) is 2.99. The smallest absolute Gasteiger partial charge is 0.345 e. The second kappa shape index (κ2) is 6.84. The molecule has 0 spiro atoms. The van der Waals surface area contributed by atoms with E-state index in [1.165, 1.54) is 6.20 Å².